The molecular weight excluding hydrogens is 244 g/mol. The van der Waals surface area contributed by atoms with Gasteiger partial charge in [0.2, 0.25) is 5.06 Å². The number of hydrogen-bond acceptors (Lipinski definition) is 6. The predicted octanol–water partition coefficient (Wildman–Crippen LogP) is 2.42. The second-order valence-electron chi connectivity index (χ2n) is 4.20. The van der Waals surface area contributed by atoms with E-state index in [2.05, 4.69) is 10.3 Å². The Hall–Kier alpha value is -1.63. The first-order valence-corrected chi connectivity index (χ1v) is 5.72. The van der Waals surface area contributed by atoms with Gasteiger partial charge in [-0.1, -0.05) is 11.3 Å². The molecule has 0 spiro atoms. The average Bonchev–Trinajstić information content (AvgIpc) is 2.46. The number of amides is 1. The van der Waals surface area contributed by atoms with Crippen molar-refractivity contribution >= 4 is 28.5 Å². The van der Waals surface area contributed by atoms with Gasteiger partial charge in [-0.2, -0.15) is 0 Å². The van der Waals surface area contributed by atoms with Gasteiger partial charge >= 0.3 is 12.1 Å². The van der Waals surface area contributed by atoms with Gasteiger partial charge in [0.25, 0.3) is 0 Å². The van der Waals surface area contributed by atoms with Crippen molar-refractivity contribution in [1.29, 1.82) is 0 Å². The molecule has 0 unspecified atom stereocenters. The maximum Gasteiger partial charge on any atom is 0.413 e. The van der Waals surface area contributed by atoms with Crippen LogP contribution >= 0.6 is 11.3 Å². The van der Waals surface area contributed by atoms with Crippen LogP contribution in [0.25, 0.3) is 0 Å². The first-order chi connectivity index (χ1) is 7.76. The Morgan fingerprint density at radius 1 is 1.41 bits per heavy atom. The maximum absolute atomic E-state index is 11.4. The largest absolute Gasteiger partial charge is 0.444 e. The number of rotatable bonds is 2. The quantitative estimate of drug-likeness (QED) is 0.824. The van der Waals surface area contributed by atoms with Crippen molar-refractivity contribution < 1.29 is 19.1 Å². The van der Waals surface area contributed by atoms with Crippen molar-refractivity contribution in [1.82, 2.24) is 4.98 Å². The molecule has 1 rings (SSSR count). The van der Waals surface area contributed by atoms with Crippen LogP contribution in [0.4, 0.5) is 9.93 Å². The minimum Gasteiger partial charge on any atom is -0.444 e. The highest BCUT2D eigenvalue weighted by Gasteiger charge is 2.17. The third-order valence-electron chi connectivity index (χ3n) is 1.34. The van der Waals surface area contributed by atoms with E-state index in [0.717, 1.165) is 11.3 Å². The molecule has 1 aromatic rings. The minimum atomic E-state index is -0.596. The number of nitrogens with zero attached hydrogens (tertiary/aromatic N) is 1. The van der Waals surface area contributed by atoms with Crippen LogP contribution in [-0.2, 0) is 9.53 Å². The Balaban J connectivity index is 2.55. The number of hydrogen-bond donors (Lipinski definition) is 1. The van der Waals surface area contributed by atoms with Gasteiger partial charge in [-0.15, -0.1) is 0 Å². The summed E-state index contributed by atoms with van der Waals surface area (Å²) >= 11 is 1.05. The zero-order valence-electron chi connectivity index (χ0n) is 10.1. The van der Waals surface area contributed by atoms with E-state index in [0.29, 0.717) is 10.2 Å². The molecule has 94 valence electrons. The zero-order chi connectivity index (χ0) is 13.1. The van der Waals surface area contributed by atoms with Crippen LogP contribution in [0.2, 0.25) is 0 Å². The number of esters is 1. The van der Waals surface area contributed by atoms with Crippen LogP contribution in [0.15, 0.2) is 6.20 Å². The molecule has 7 heteroatoms. The van der Waals surface area contributed by atoms with Crippen LogP contribution in [0.5, 0.6) is 5.06 Å². The normalized spacial score (nSPS) is 10.8. The van der Waals surface area contributed by atoms with Gasteiger partial charge in [-0.3, -0.25) is 10.1 Å². The molecule has 0 bridgehead atoms. The molecule has 1 aromatic heterocycles. The smallest absolute Gasteiger partial charge is 0.413 e. The Morgan fingerprint density at radius 3 is 2.59 bits per heavy atom. The lowest BCUT2D eigenvalue weighted by Crippen LogP contribution is -2.27. The monoisotopic (exact) mass is 258 g/mol. The number of carbonyl (C=O) groups is 2. The number of ether oxygens (including phenoxy) is 2. The summed E-state index contributed by atoms with van der Waals surface area (Å²) < 4.78 is 9.84. The molecule has 0 saturated heterocycles. The lowest BCUT2D eigenvalue weighted by atomic mass is 10.2. The highest BCUT2D eigenvalue weighted by atomic mass is 32.1. The number of aromatic nitrogens is 1. The average molecular weight is 258 g/mol. The highest BCUT2D eigenvalue weighted by molar-refractivity contribution is 7.17. The van der Waals surface area contributed by atoms with E-state index in [1.165, 1.54) is 13.1 Å². The highest BCUT2D eigenvalue weighted by Crippen LogP contribution is 2.25. The Kier molecular flexibility index (Phi) is 4.06. The number of thiazole rings is 1. The zero-order valence-corrected chi connectivity index (χ0v) is 10.9. The van der Waals surface area contributed by atoms with Gasteiger partial charge in [-0.25, -0.2) is 9.78 Å². The predicted molar refractivity (Wildman–Crippen MR) is 63.3 cm³/mol. The summed E-state index contributed by atoms with van der Waals surface area (Å²) in [7, 11) is 0. The summed E-state index contributed by atoms with van der Waals surface area (Å²) in [6.07, 6.45) is 0.764. The second-order valence-corrected chi connectivity index (χ2v) is 5.20. The van der Waals surface area contributed by atoms with Crippen molar-refractivity contribution in [2.24, 2.45) is 0 Å². The second kappa shape index (κ2) is 5.13. The SMILES string of the molecule is CC(=O)Oc1cnc(NC(=O)OC(C)(C)C)s1. The van der Waals surface area contributed by atoms with Gasteiger partial charge in [0.05, 0.1) is 6.20 Å². The standard InChI is InChI=1S/C10H14N2O4S/c1-6(13)15-7-5-11-8(17-7)12-9(14)16-10(2,3)4/h5H,1-4H3,(H,11,12,14). The summed E-state index contributed by atoms with van der Waals surface area (Å²) in [6.45, 7) is 6.58. The molecule has 17 heavy (non-hydrogen) atoms. The van der Waals surface area contributed by atoms with Crippen LogP contribution in [0, 0.1) is 0 Å². The molecule has 0 atom stereocenters. The van der Waals surface area contributed by atoms with Crippen molar-refractivity contribution in [3.8, 4) is 5.06 Å². The summed E-state index contributed by atoms with van der Waals surface area (Å²) in [6, 6.07) is 0. The van der Waals surface area contributed by atoms with Crippen molar-refractivity contribution in [3.05, 3.63) is 6.20 Å². The number of anilines is 1. The summed E-state index contributed by atoms with van der Waals surface area (Å²) in [4.78, 5) is 25.9. The van der Waals surface area contributed by atoms with Gasteiger partial charge in [0.15, 0.2) is 5.13 Å². The molecule has 0 aliphatic carbocycles. The number of carbonyl (C=O) groups excluding carboxylic acids is 2. The lowest BCUT2D eigenvalue weighted by molar-refractivity contribution is -0.131. The lowest BCUT2D eigenvalue weighted by Gasteiger charge is -2.18. The van der Waals surface area contributed by atoms with E-state index in [1.54, 1.807) is 20.8 Å². The van der Waals surface area contributed by atoms with Crippen LogP contribution in [-0.4, -0.2) is 22.6 Å². The van der Waals surface area contributed by atoms with Crippen molar-refractivity contribution in [2.45, 2.75) is 33.3 Å². The molecular formula is C10H14N2O4S. The van der Waals surface area contributed by atoms with E-state index in [4.69, 9.17) is 9.47 Å². The third-order valence-corrected chi connectivity index (χ3v) is 2.13. The fourth-order valence-corrected chi connectivity index (χ4v) is 1.59. The van der Waals surface area contributed by atoms with Gasteiger partial charge in [-0.05, 0) is 20.8 Å². The minimum absolute atomic E-state index is 0.315. The Bertz CT molecular complexity index is 422. The van der Waals surface area contributed by atoms with Gasteiger partial charge < -0.3 is 9.47 Å². The number of nitrogens with one attached hydrogen (secondary N) is 1. The molecule has 0 aliphatic heterocycles. The Labute approximate surface area is 103 Å². The topological polar surface area (TPSA) is 77.5 Å². The van der Waals surface area contributed by atoms with Crippen LogP contribution < -0.4 is 10.1 Å². The summed E-state index contributed by atoms with van der Waals surface area (Å²) in [5, 5.41) is 3.09. The van der Waals surface area contributed by atoms with E-state index in [-0.39, 0.29) is 0 Å². The molecule has 6 nitrogen and oxygen atoms in total. The summed E-state index contributed by atoms with van der Waals surface area (Å²) in [5.74, 6) is -0.433. The molecule has 0 radical (unpaired) electrons. The van der Waals surface area contributed by atoms with Crippen LogP contribution in [0.1, 0.15) is 27.7 Å². The molecule has 0 saturated carbocycles. The van der Waals surface area contributed by atoms with E-state index < -0.39 is 17.7 Å². The first-order valence-electron chi connectivity index (χ1n) is 4.90. The third kappa shape index (κ3) is 5.30. The molecule has 1 amide bonds. The van der Waals surface area contributed by atoms with Crippen molar-refractivity contribution in [2.75, 3.05) is 5.32 Å². The summed E-state index contributed by atoms with van der Waals surface area (Å²) in [5.41, 5.74) is -0.569. The molecule has 0 fully saturated rings. The fourth-order valence-electron chi connectivity index (χ4n) is 0.897. The maximum atomic E-state index is 11.4. The first kappa shape index (κ1) is 13.4. The Morgan fingerprint density at radius 2 is 2.06 bits per heavy atom. The molecule has 0 aromatic carbocycles. The van der Waals surface area contributed by atoms with Gasteiger partial charge in [0.1, 0.15) is 5.60 Å². The fraction of sp³-hybridized carbons (Fsp3) is 0.500. The van der Waals surface area contributed by atoms with E-state index in [1.807, 2.05) is 0 Å². The van der Waals surface area contributed by atoms with Crippen LogP contribution in [0.3, 0.4) is 0 Å². The van der Waals surface area contributed by atoms with E-state index >= 15 is 0 Å². The van der Waals surface area contributed by atoms with Gasteiger partial charge in [0, 0.05) is 6.92 Å². The van der Waals surface area contributed by atoms with Crippen molar-refractivity contribution in [3.63, 3.8) is 0 Å². The molecule has 1 heterocycles. The molecule has 0 aliphatic rings. The van der Waals surface area contributed by atoms with E-state index in [9.17, 15) is 9.59 Å². The molecule has 1 N–H and O–H groups in total.